The fraction of sp³-hybridized carbons (Fsp3) is 0.0769. The molecule has 0 unspecified atom stereocenters. The number of aromatic nitrogens is 1. The van der Waals surface area contributed by atoms with Crippen molar-refractivity contribution in [1.82, 2.24) is 4.98 Å². The van der Waals surface area contributed by atoms with Crippen LogP contribution in [0.5, 0.6) is 0 Å². The summed E-state index contributed by atoms with van der Waals surface area (Å²) in [5, 5.41) is 8.95. The normalized spacial score (nSPS) is 10.8. The van der Waals surface area contributed by atoms with Crippen molar-refractivity contribution in [2.45, 2.75) is 5.75 Å². The number of hydrogen-bond donors (Lipinski definition) is 1. The molecule has 1 N–H and O–H groups in total. The monoisotopic (exact) mass is 351 g/mol. The molecule has 20 heavy (non-hydrogen) atoms. The maximum absolute atomic E-state index is 12.1. The van der Waals surface area contributed by atoms with Crippen molar-refractivity contribution >= 4 is 31.8 Å². The maximum atomic E-state index is 12.1. The van der Waals surface area contributed by atoms with E-state index in [1.807, 2.05) is 6.07 Å². The zero-order valence-corrected chi connectivity index (χ0v) is 12.6. The molecule has 1 heterocycles. The summed E-state index contributed by atoms with van der Waals surface area (Å²) >= 11 is 3.22. The number of sulfonamides is 1. The molecular weight excluding hydrogens is 342 g/mol. The highest BCUT2D eigenvalue weighted by Gasteiger charge is 2.14. The number of pyridine rings is 1. The molecule has 0 saturated heterocycles. The van der Waals surface area contributed by atoms with Crippen molar-refractivity contribution in [3.05, 3.63) is 58.2 Å². The molecule has 1 aromatic carbocycles. The lowest BCUT2D eigenvalue weighted by Gasteiger charge is -2.08. The molecule has 0 fully saturated rings. The number of nitrogens with one attached hydrogen (secondary N) is 1. The molecule has 5 nitrogen and oxygen atoms in total. The van der Waals surface area contributed by atoms with Gasteiger partial charge in [0.15, 0.2) is 0 Å². The molecule has 0 aliphatic rings. The van der Waals surface area contributed by atoms with Gasteiger partial charge in [-0.3, -0.25) is 4.72 Å². The van der Waals surface area contributed by atoms with Crippen LogP contribution in [0.3, 0.4) is 0 Å². The molecule has 2 rings (SSSR count). The fourth-order valence-electron chi connectivity index (χ4n) is 1.59. The molecule has 0 radical (unpaired) electrons. The van der Waals surface area contributed by atoms with E-state index in [9.17, 15) is 8.42 Å². The first-order valence-corrected chi connectivity index (χ1v) is 8.05. The summed E-state index contributed by atoms with van der Waals surface area (Å²) < 4.78 is 27.2. The molecule has 0 atom stereocenters. The Bertz CT molecular complexity index is 752. The van der Waals surface area contributed by atoms with Crippen LogP contribution < -0.4 is 4.72 Å². The van der Waals surface area contributed by atoms with Crippen molar-refractivity contribution in [3.8, 4) is 6.07 Å². The summed E-state index contributed by atoms with van der Waals surface area (Å²) in [7, 11) is -3.61. The summed E-state index contributed by atoms with van der Waals surface area (Å²) in [6, 6.07) is 11.8. The van der Waals surface area contributed by atoms with Gasteiger partial charge in [-0.1, -0.05) is 18.2 Å². The fourth-order valence-corrected chi connectivity index (χ4v) is 3.00. The summed E-state index contributed by atoms with van der Waals surface area (Å²) in [5.74, 6) is -0.0308. The number of nitriles is 1. The Morgan fingerprint density at radius 1 is 1.25 bits per heavy atom. The van der Waals surface area contributed by atoms with E-state index in [4.69, 9.17) is 5.26 Å². The zero-order chi connectivity index (χ0) is 14.6. The number of nitrogens with zero attached hydrogens (tertiary/aromatic N) is 2. The lowest BCUT2D eigenvalue weighted by Crippen LogP contribution is -2.16. The van der Waals surface area contributed by atoms with Gasteiger partial charge in [-0.25, -0.2) is 13.4 Å². The van der Waals surface area contributed by atoms with E-state index in [2.05, 4.69) is 25.6 Å². The molecule has 7 heteroatoms. The van der Waals surface area contributed by atoms with E-state index >= 15 is 0 Å². The summed E-state index contributed by atoms with van der Waals surface area (Å²) in [4.78, 5) is 3.95. The van der Waals surface area contributed by atoms with Gasteiger partial charge in [-0.15, -0.1) is 0 Å². The van der Waals surface area contributed by atoms with E-state index in [1.165, 1.54) is 6.20 Å². The van der Waals surface area contributed by atoms with Crippen molar-refractivity contribution < 1.29 is 8.42 Å². The Kier molecular flexibility index (Phi) is 4.37. The molecule has 0 amide bonds. The highest BCUT2D eigenvalue weighted by molar-refractivity contribution is 9.10. The van der Waals surface area contributed by atoms with Crippen LogP contribution in [0.25, 0.3) is 0 Å². The van der Waals surface area contributed by atoms with Gasteiger partial charge < -0.3 is 0 Å². The molecular formula is C13H10BrN3O2S. The molecule has 0 aliphatic heterocycles. The SMILES string of the molecule is N#Cc1ccccc1CS(=O)(=O)Nc1ccc(Br)cn1. The van der Waals surface area contributed by atoms with E-state index in [-0.39, 0.29) is 11.6 Å². The quantitative estimate of drug-likeness (QED) is 0.917. The van der Waals surface area contributed by atoms with Gasteiger partial charge in [0.25, 0.3) is 0 Å². The minimum atomic E-state index is -3.61. The minimum absolute atomic E-state index is 0.239. The highest BCUT2D eigenvalue weighted by atomic mass is 79.9. The van der Waals surface area contributed by atoms with Crippen LogP contribution in [0.15, 0.2) is 47.1 Å². The minimum Gasteiger partial charge on any atom is -0.267 e. The van der Waals surface area contributed by atoms with Crippen LogP contribution in [-0.4, -0.2) is 13.4 Å². The highest BCUT2D eigenvalue weighted by Crippen LogP contribution is 2.15. The maximum Gasteiger partial charge on any atom is 0.238 e. The Balaban J connectivity index is 2.19. The second-order valence-electron chi connectivity index (χ2n) is 3.99. The van der Waals surface area contributed by atoms with Gasteiger partial charge in [0.2, 0.25) is 10.0 Å². The van der Waals surface area contributed by atoms with Crippen LogP contribution in [-0.2, 0) is 15.8 Å². The molecule has 2 aromatic rings. The largest absolute Gasteiger partial charge is 0.267 e. The lowest BCUT2D eigenvalue weighted by atomic mass is 10.1. The second-order valence-corrected chi connectivity index (χ2v) is 6.63. The first-order valence-electron chi connectivity index (χ1n) is 5.60. The average molecular weight is 352 g/mol. The van der Waals surface area contributed by atoms with E-state index in [0.717, 1.165) is 4.47 Å². The molecule has 0 bridgehead atoms. The van der Waals surface area contributed by atoms with Gasteiger partial charge in [-0.05, 0) is 39.7 Å². The van der Waals surface area contributed by atoms with Crippen LogP contribution in [0.1, 0.15) is 11.1 Å². The van der Waals surface area contributed by atoms with Gasteiger partial charge in [0.1, 0.15) is 5.82 Å². The van der Waals surface area contributed by atoms with Gasteiger partial charge in [-0.2, -0.15) is 5.26 Å². The van der Waals surface area contributed by atoms with Crippen molar-refractivity contribution in [3.63, 3.8) is 0 Å². The Morgan fingerprint density at radius 3 is 2.65 bits per heavy atom. The summed E-state index contributed by atoms with van der Waals surface area (Å²) in [5.41, 5.74) is 0.807. The predicted octanol–water partition coefficient (Wildman–Crippen LogP) is 2.66. The molecule has 1 aromatic heterocycles. The number of benzene rings is 1. The third-order valence-electron chi connectivity index (χ3n) is 2.47. The topological polar surface area (TPSA) is 82.8 Å². The number of halogens is 1. The van der Waals surface area contributed by atoms with Crippen molar-refractivity contribution in [2.75, 3.05) is 4.72 Å². The van der Waals surface area contributed by atoms with Crippen molar-refractivity contribution in [1.29, 1.82) is 5.26 Å². The summed E-state index contributed by atoms with van der Waals surface area (Å²) in [6.07, 6.45) is 1.50. The van der Waals surface area contributed by atoms with Gasteiger partial charge >= 0.3 is 0 Å². The van der Waals surface area contributed by atoms with Crippen LogP contribution in [0, 0.1) is 11.3 Å². The second kappa shape index (κ2) is 6.03. The average Bonchev–Trinajstić information content (AvgIpc) is 2.41. The molecule has 0 saturated carbocycles. The Labute approximate surface area is 125 Å². The van der Waals surface area contributed by atoms with E-state index in [0.29, 0.717) is 11.1 Å². The first kappa shape index (κ1) is 14.5. The molecule has 0 aliphatic carbocycles. The summed E-state index contributed by atoms with van der Waals surface area (Å²) in [6.45, 7) is 0. The third kappa shape index (κ3) is 3.79. The zero-order valence-electron chi connectivity index (χ0n) is 10.2. The lowest BCUT2D eigenvalue weighted by molar-refractivity contribution is 0.600. The molecule has 0 spiro atoms. The Morgan fingerprint density at radius 2 is 2.00 bits per heavy atom. The van der Waals surface area contributed by atoms with E-state index < -0.39 is 10.0 Å². The third-order valence-corrected chi connectivity index (χ3v) is 4.15. The van der Waals surface area contributed by atoms with Gasteiger partial charge in [0.05, 0.1) is 17.4 Å². The predicted molar refractivity (Wildman–Crippen MR) is 79.3 cm³/mol. The number of hydrogen-bond acceptors (Lipinski definition) is 4. The van der Waals surface area contributed by atoms with Crippen LogP contribution >= 0.6 is 15.9 Å². The van der Waals surface area contributed by atoms with E-state index in [1.54, 1.807) is 36.4 Å². The smallest absolute Gasteiger partial charge is 0.238 e. The standard InChI is InChI=1S/C13H10BrN3O2S/c14-12-5-6-13(16-8-12)17-20(18,19)9-11-4-2-1-3-10(11)7-15/h1-6,8H,9H2,(H,16,17). The Hall–Kier alpha value is -1.91. The van der Waals surface area contributed by atoms with Crippen LogP contribution in [0.2, 0.25) is 0 Å². The van der Waals surface area contributed by atoms with Crippen LogP contribution in [0.4, 0.5) is 5.82 Å². The van der Waals surface area contributed by atoms with Gasteiger partial charge in [0, 0.05) is 10.7 Å². The number of rotatable bonds is 4. The molecule has 102 valence electrons. The van der Waals surface area contributed by atoms with Crippen molar-refractivity contribution in [2.24, 2.45) is 0 Å². The first-order chi connectivity index (χ1) is 9.50. The number of anilines is 1.